The van der Waals surface area contributed by atoms with Gasteiger partial charge in [-0.1, -0.05) is 0 Å². The van der Waals surface area contributed by atoms with Crippen molar-refractivity contribution < 1.29 is 23.0 Å². The molecule has 0 radical (unpaired) electrons. The Morgan fingerprint density at radius 3 is 2.65 bits per heavy atom. The van der Waals surface area contributed by atoms with Gasteiger partial charge < -0.3 is 14.6 Å². The van der Waals surface area contributed by atoms with Gasteiger partial charge in [-0.15, -0.1) is 0 Å². The molecule has 0 bridgehead atoms. The standard InChI is InChI=1S/C10H12N2O7S/c1-20(16,17)9(14)7-5-6(18-5)8(19-7)12-3-2-4(13)11-10(12)15/h2-3,5-9,14H,1H3,(H,11,13,15)/t5-,6+,7-,8+,9?/m0/s1. The first-order chi connectivity index (χ1) is 9.29. The molecule has 9 nitrogen and oxygen atoms in total. The van der Waals surface area contributed by atoms with Crippen LogP contribution in [0.25, 0.3) is 0 Å². The molecule has 0 aromatic carbocycles. The molecule has 110 valence electrons. The first kappa shape index (κ1) is 13.5. The number of aliphatic hydroxyl groups is 1. The summed E-state index contributed by atoms with van der Waals surface area (Å²) < 4.78 is 34.4. The lowest BCUT2D eigenvalue weighted by Gasteiger charge is -2.21. The van der Waals surface area contributed by atoms with Crippen molar-refractivity contribution >= 4 is 9.84 Å². The first-order valence-electron chi connectivity index (χ1n) is 5.78. The van der Waals surface area contributed by atoms with Crippen molar-refractivity contribution in [3.63, 3.8) is 0 Å². The second-order valence-corrected chi connectivity index (χ2v) is 6.94. The zero-order chi connectivity index (χ0) is 14.7. The normalized spacial score (nSPS) is 33.7. The van der Waals surface area contributed by atoms with E-state index < -0.39 is 51.1 Å². The predicted octanol–water partition coefficient (Wildman–Crippen LogP) is -2.44. The van der Waals surface area contributed by atoms with Crippen molar-refractivity contribution in [1.29, 1.82) is 0 Å². The van der Waals surface area contributed by atoms with Gasteiger partial charge in [0.05, 0.1) is 0 Å². The van der Waals surface area contributed by atoms with E-state index in [-0.39, 0.29) is 0 Å². The summed E-state index contributed by atoms with van der Waals surface area (Å²) in [7, 11) is -3.71. The topological polar surface area (TPSA) is 131 Å². The van der Waals surface area contributed by atoms with E-state index in [4.69, 9.17) is 9.47 Å². The zero-order valence-electron chi connectivity index (χ0n) is 10.3. The Bertz CT molecular complexity index is 751. The van der Waals surface area contributed by atoms with E-state index >= 15 is 0 Å². The fourth-order valence-corrected chi connectivity index (χ4v) is 2.98. The Morgan fingerprint density at radius 2 is 2.05 bits per heavy atom. The summed E-state index contributed by atoms with van der Waals surface area (Å²) in [5.74, 6) is 0. The number of nitrogens with zero attached hydrogens (tertiary/aromatic N) is 1. The molecular weight excluding hydrogens is 292 g/mol. The fraction of sp³-hybridized carbons (Fsp3) is 0.600. The van der Waals surface area contributed by atoms with Crippen LogP contribution in [0, 0.1) is 0 Å². The number of hydrogen-bond donors (Lipinski definition) is 2. The second kappa shape index (κ2) is 4.25. The van der Waals surface area contributed by atoms with Gasteiger partial charge in [0, 0.05) is 18.5 Å². The highest BCUT2D eigenvalue weighted by atomic mass is 32.2. The van der Waals surface area contributed by atoms with Gasteiger partial charge in [0.25, 0.3) is 5.56 Å². The van der Waals surface area contributed by atoms with Crippen LogP contribution < -0.4 is 11.2 Å². The maximum Gasteiger partial charge on any atom is 0.330 e. The van der Waals surface area contributed by atoms with Crippen molar-refractivity contribution in [2.45, 2.75) is 30.0 Å². The minimum absolute atomic E-state index is 0.514. The number of ether oxygens (including phenoxy) is 2. The summed E-state index contributed by atoms with van der Waals surface area (Å²) in [4.78, 5) is 24.7. The monoisotopic (exact) mass is 304 g/mol. The lowest BCUT2D eigenvalue weighted by atomic mass is 10.2. The number of aromatic nitrogens is 2. The first-order valence-corrected chi connectivity index (χ1v) is 7.74. The molecule has 1 aromatic rings. The highest BCUT2D eigenvalue weighted by molar-refractivity contribution is 7.91. The molecule has 10 heteroatoms. The number of nitrogens with one attached hydrogen (secondary N) is 1. The number of aromatic amines is 1. The Labute approximate surface area is 112 Å². The maximum absolute atomic E-state index is 11.7. The molecule has 0 amide bonds. The SMILES string of the molecule is CS(=O)(=O)C(O)[C@H]1O[C@@H](n2ccc(=O)[nH]c2=O)[C@@H]2O[C@@H]21. The van der Waals surface area contributed by atoms with Crippen LogP contribution in [0.1, 0.15) is 6.23 Å². The van der Waals surface area contributed by atoms with E-state index in [9.17, 15) is 23.1 Å². The highest BCUT2D eigenvalue weighted by Crippen LogP contribution is 2.45. The number of H-pyrrole nitrogens is 1. The number of fused-ring (bicyclic) bond motifs is 1. The molecular formula is C10H12N2O7S. The Balaban J connectivity index is 1.89. The third kappa shape index (κ3) is 2.10. The van der Waals surface area contributed by atoms with E-state index in [1.54, 1.807) is 0 Å². The summed E-state index contributed by atoms with van der Waals surface area (Å²) in [6.07, 6.45) is -0.898. The number of epoxide rings is 1. The molecule has 1 aromatic heterocycles. The van der Waals surface area contributed by atoms with E-state index in [1.807, 2.05) is 0 Å². The molecule has 5 atom stereocenters. The van der Waals surface area contributed by atoms with Gasteiger partial charge in [-0.3, -0.25) is 14.3 Å². The Kier molecular flexibility index (Phi) is 2.87. The minimum Gasteiger partial charge on any atom is -0.375 e. The largest absolute Gasteiger partial charge is 0.375 e. The molecule has 0 aliphatic carbocycles. The van der Waals surface area contributed by atoms with Crippen LogP contribution in [0.15, 0.2) is 21.9 Å². The van der Waals surface area contributed by atoms with Crippen molar-refractivity contribution in [2.75, 3.05) is 6.26 Å². The maximum atomic E-state index is 11.7. The molecule has 3 heterocycles. The number of sulfone groups is 1. The Morgan fingerprint density at radius 1 is 1.35 bits per heavy atom. The molecule has 2 N–H and O–H groups in total. The highest BCUT2D eigenvalue weighted by Gasteiger charge is 2.62. The van der Waals surface area contributed by atoms with Crippen LogP contribution in [-0.4, -0.2) is 53.1 Å². The predicted molar refractivity (Wildman–Crippen MR) is 64.7 cm³/mol. The van der Waals surface area contributed by atoms with Gasteiger partial charge in [0.1, 0.15) is 18.3 Å². The van der Waals surface area contributed by atoms with Gasteiger partial charge in [-0.25, -0.2) is 13.2 Å². The summed E-state index contributed by atoms with van der Waals surface area (Å²) in [6, 6.07) is 1.14. The zero-order valence-corrected chi connectivity index (χ0v) is 11.1. The average molecular weight is 304 g/mol. The number of hydrogen-bond acceptors (Lipinski definition) is 7. The number of rotatable bonds is 3. The summed E-state index contributed by atoms with van der Waals surface area (Å²) in [5, 5.41) is 9.72. The molecule has 20 heavy (non-hydrogen) atoms. The van der Waals surface area contributed by atoms with Gasteiger partial charge in [-0.2, -0.15) is 0 Å². The summed E-state index contributed by atoms with van der Waals surface area (Å²) in [5.41, 5.74) is -2.96. The van der Waals surface area contributed by atoms with Crippen LogP contribution in [-0.2, 0) is 19.3 Å². The molecule has 2 saturated heterocycles. The van der Waals surface area contributed by atoms with E-state index in [2.05, 4.69) is 4.98 Å². The van der Waals surface area contributed by atoms with E-state index in [0.29, 0.717) is 0 Å². The van der Waals surface area contributed by atoms with Gasteiger partial charge in [0.15, 0.2) is 21.5 Å². The van der Waals surface area contributed by atoms with Crippen molar-refractivity contribution in [3.8, 4) is 0 Å². The van der Waals surface area contributed by atoms with Crippen molar-refractivity contribution in [3.05, 3.63) is 33.1 Å². The summed E-state index contributed by atoms with van der Waals surface area (Å²) >= 11 is 0. The van der Waals surface area contributed by atoms with Crippen LogP contribution >= 0.6 is 0 Å². The molecule has 0 spiro atoms. The minimum atomic E-state index is -3.71. The lowest BCUT2D eigenvalue weighted by Crippen LogP contribution is -2.39. The summed E-state index contributed by atoms with van der Waals surface area (Å²) in [6.45, 7) is 0. The lowest BCUT2D eigenvalue weighted by molar-refractivity contribution is -0.0948. The molecule has 3 rings (SSSR count). The van der Waals surface area contributed by atoms with E-state index in [0.717, 1.165) is 16.9 Å². The molecule has 2 fully saturated rings. The smallest absolute Gasteiger partial charge is 0.330 e. The van der Waals surface area contributed by atoms with Crippen molar-refractivity contribution in [1.82, 2.24) is 9.55 Å². The quantitative estimate of drug-likeness (QED) is 0.593. The average Bonchev–Trinajstić information content (AvgIpc) is 3.04. The second-order valence-electron chi connectivity index (χ2n) is 4.79. The molecule has 2 aliphatic rings. The van der Waals surface area contributed by atoms with Crippen LogP contribution in [0.5, 0.6) is 0 Å². The van der Waals surface area contributed by atoms with Crippen LogP contribution in [0.4, 0.5) is 0 Å². The Hall–Kier alpha value is -1.49. The van der Waals surface area contributed by atoms with Crippen LogP contribution in [0.2, 0.25) is 0 Å². The van der Waals surface area contributed by atoms with E-state index in [1.165, 1.54) is 6.20 Å². The third-order valence-corrected chi connectivity index (χ3v) is 4.45. The number of aliphatic hydroxyl groups excluding tert-OH is 1. The van der Waals surface area contributed by atoms with Gasteiger partial charge in [-0.05, 0) is 0 Å². The third-order valence-electron chi connectivity index (χ3n) is 3.31. The van der Waals surface area contributed by atoms with Gasteiger partial charge >= 0.3 is 5.69 Å². The van der Waals surface area contributed by atoms with Crippen molar-refractivity contribution in [2.24, 2.45) is 0 Å². The van der Waals surface area contributed by atoms with Crippen LogP contribution in [0.3, 0.4) is 0 Å². The molecule has 2 aliphatic heterocycles. The molecule has 0 saturated carbocycles. The fourth-order valence-electron chi connectivity index (χ4n) is 2.27. The van der Waals surface area contributed by atoms with Gasteiger partial charge in [0.2, 0.25) is 0 Å². The molecule has 1 unspecified atom stereocenters.